The summed E-state index contributed by atoms with van der Waals surface area (Å²) in [7, 11) is 0. The summed E-state index contributed by atoms with van der Waals surface area (Å²) in [4.78, 5) is 0.794. The molecule has 0 aliphatic carbocycles. The fraction of sp³-hybridized carbons (Fsp3) is 0.286. The topological polar surface area (TPSA) is 36.3 Å². The maximum absolute atomic E-state index is 8.59. The Morgan fingerprint density at radius 1 is 1.80 bits per heavy atom. The van der Waals surface area contributed by atoms with E-state index in [1.807, 2.05) is 11.4 Å². The van der Waals surface area contributed by atoms with Crippen LogP contribution in [0.15, 0.2) is 11.4 Å². The van der Waals surface area contributed by atoms with E-state index >= 15 is 0 Å². The third-order valence-corrected chi connectivity index (χ3v) is 2.31. The minimum atomic E-state index is 0.223. The Labute approximate surface area is 62.7 Å². The largest absolute Gasteiger partial charge is 0.368 e. The maximum Gasteiger partial charge on any atom is 0.110 e. The summed E-state index contributed by atoms with van der Waals surface area (Å²) in [6, 6.07) is 4.09. The number of thiophene rings is 1. The van der Waals surface area contributed by atoms with Crippen LogP contribution in [-0.4, -0.2) is 6.61 Å². The Balaban J connectivity index is 2.40. The van der Waals surface area contributed by atoms with E-state index in [0.717, 1.165) is 17.0 Å². The Kier molecular flexibility index (Phi) is 1.23. The van der Waals surface area contributed by atoms with Crippen LogP contribution in [0.25, 0.3) is 0 Å². The summed E-state index contributed by atoms with van der Waals surface area (Å²) in [5, 5.41) is 10.5. The Bertz CT molecular complexity index is 282. The average molecular weight is 151 g/mol. The first-order chi connectivity index (χ1) is 4.92. The number of ether oxygens (including phenoxy) is 1. The van der Waals surface area contributed by atoms with Crippen molar-refractivity contribution in [3.8, 4) is 6.07 Å². The van der Waals surface area contributed by atoms with Gasteiger partial charge in [0, 0.05) is 5.56 Å². The Morgan fingerprint density at radius 3 is 3.20 bits per heavy atom. The predicted octanol–water partition coefficient (Wildman–Crippen LogP) is 1.69. The van der Waals surface area contributed by atoms with Gasteiger partial charge in [0.2, 0.25) is 0 Å². The van der Waals surface area contributed by atoms with Gasteiger partial charge in [0.25, 0.3) is 0 Å². The number of epoxide rings is 1. The van der Waals surface area contributed by atoms with E-state index in [9.17, 15) is 0 Å². The van der Waals surface area contributed by atoms with Gasteiger partial charge in [0.15, 0.2) is 0 Å². The molecule has 2 heterocycles. The monoisotopic (exact) mass is 151 g/mol. The van der Waals surface area contributed by atoms with Crippen molar-refractivity contribution in [3.63, 3.8) is 0 Å². The van der Waals surface area contributed by atoms with E-state index in [4.69, 9.17) is 10.00 Å². The van der Waals surface area contributed by atoms with Crippen molar-refractivity contribution in [2.45, 2.75) is 6.10 Å². The fourth-order valence-corrected chi connectivity index (χ4v) is 1.63. The van der Waals surface area contributed by atoms with Crippen LogP contribution in [0.4, 0.5) is 0 Å². The van der Waals surface area contributed by atoms with Crippen molar-refractivity contribution in [2.24, 2.45) is 0 Å². The van der Waals surface area contributed by atoms with Gasteiger partial charge in [0.1, 0.15) is 17.1 Å². The summed E-state index contributed by atoms with van der Waals surface area (Å²) in [6.07, 6.45) is 0.223. The molecular formula is C7H5NOS. The van der Waals surface area contributed by atoms with Crippen LogP contribution in [0.3, 0.4) is 0 Å². The van der Waals surface area contributed by atoms with Crippen molar-refractivity contribution in [2.75, 3.05) is 6.61 Å². The second kappa shape index (κ2) is 2.08. The predicted molar refractivity (Wildman–Crippen MR) is 37.7 cm³/mol. The molecular weight excluding hydrogens is 146 g/mol. The normalized spacial score (nSPS) is 22.1. The number of rotatable bonds is 1. The van der Waals surface area contributed by atoms with Crippen molar-refractivity contribution < 1.29 is 4.74 Å². The van der Waals surface area contributed by atoms with Crippen molar-refractivity contribution in [1.29, 1.82) is 5.26 Å². The first kappa shape index (κ1) is 5.90. The lowest BCUT2D eigenvalue weighted by molar-refractivity contribution is 0.416. The molecule has 0 spiro atoms. The summed E-state index contributed by atoms with van der Waals surface area (Å²) in [6.45, 7) is 0.783. The van der Waals surface area contributed by atoms with E-state index in [-0.39, 0.29) is 6.10 Å². The molecule has 1 unspecified atom stereocenters. The first-order valence-corrected chi connectivity index (χ1v) is 3.89. The van der Waals surface area contributed by atoms with Crippen LogP contribution in [0.1, 0.15) is 16.5 Å². The van der Waals surface area contributed by atoms with Crippen LogP contribution in [0.2, 0.25) is 0 Å². The molecule has 0 radical (unpaired) electrons. The molecule has 10 heavy (non-hydrogen) atoms. The van der Waals surface area contributed by atoms with Gasteiger partial charge in [-0.3, -0.25) is 0 Å². The minimum absolute atomic E-state index is 0.223. The van der Waals surface area contributed by atoms with Gasteiger partial charge in [-0.25, -0.2) is 0 Å². The lowest BCUT2D eigenvalue weighted by atomic mass is 10.2. The van der Waals surface area contributed by atoms with Gasteiger partial charge in [0.05, 0.1) is 6.61 Å². The molecule has 2 nitrogen and oxygen atoms in total. The van der Waals surface area contributed by atoms with Gasteiger partial charge in [-0.05, 0) is 11.4 Å². The lowest BCUT2D eigenvalue weighted by Crippen LogP contribution is -1.77. The van der Waals surface area contributed by atoms with Crippen LogP contribution >= 0.6 is 11.3 Å². The summed E-state index contributed by atoms with van der Waals surface area (Å²) < 4.78 is 5.05. The standard InChI is InChI=1S/C7H5NOS/c8-3-7-5(1-2-10-7)6-4-9-6/h1-2,6H,4H2. The highest BCUT2D eigenvalue weighted by atomic mass is 32.1. The second-order valence-corrected chi connectivity index (χ2v) is 3.05. The zero-order chi connectivity index (χ0) is 6.97. The van der Waals surface area contributed by atoms with E-state index < -0.39 is 0 Å². The van der Waals surface area contributed by atoms with Crippen LogP contribution in [0, 0.1) is 11.3 Å². The molecule has 0 saturated carbocycles. The molecule has 0 bridgehead atoms. The second-order valence-electron chi connectivity index (χ2n) is 2.14. The van der Waals surface area contributed by atoms with Gasteiger partial charge in [-0.1, -0.05) is 0 Å². The molecule has 0 aromatic carbocycles. The third kappa shape index (κ3) is 0.821. The Hall–Kier alpha value is -0.850. The molecule has 3 heteroatoms. The number of hydrogen-bond acceptors (Lipinski definition) is 3. The van der Waals surface area contributed by atoms with Crippen LogP contribution in [-0.2, 0) is 4.74 Å². The zero-order valence-corrected chi connectivity index (χ0v) is 6.02. The van der Waals surface area contributed by atoms with Crippen molar-refractivity contribution in [3.05, 3.63) is 21.9 Å². The highest BCUT2D eigenvalue weighted by Crippen LogP contribution is 2.34. The SMILES string of the molecule is N#Cc1sccc1C1CO1. The molecule has 0 N–H and O–H groups in total. The minimum Gasteiger partial charge on any atom is -0.368 e. The third-order valence-electron chi connectivity index (χ3n) is 1.48. The van der Waals surface area contributed by atoms with Gasteiger partial charge < -0.3 is 4.74 Å². The molecule has 1 aromatic rings. The van der Waals surface area contributed by atoms with E-state index in [0.29, 0.717) is 0 Å². The molecule has 0 amide bonds. The summed E-state index contributed by atoms with van der Waals surface area (Å²) >= 11 is 1.48. The molecule has 1 aromatic heterocycles. The molecule has 1 aliphatic rings. The van der Waals surface area contributed by atoms with E-state index in [1.165, 1.54) is 11.3 Å². The van der Waals surface area contributed by atoms with E-state index in [2.05, 4.69) is 6.07 Å². The van der Waals surface area contributed by atoms with Crippen molar-refractivity contribution in [1.82, 2.24) is 0 Å². The smallest absolute Gasteiger partial charge is 0.110 e. The maximum atomic E-state index is 8.59. The zero-order valence-electron chi connectivity index (χ0n) is 5.20. The molecule has 50 valence electrons. The van der Waals surface area contributed by atoms with E-state index in [1.54, 1.807) is 0 Å². The molecule has 1 saturated heterocycles. The lowest BCUT2D eigenvalue weighted by Gasteiger charge is -1.85. The Morgan fingerprint density at radius 2 is 2.60 bits per heavy atom. The number of nitrogens with zero attached hydrogens (tertiary/aromatic N) is 1. The molecule has 1 atom stereocenters. The van der Waals surface area contributed by atoms with Gasteiger partial charge in [-0.2, -0.15) is 5.26 Å². The summed E-state index contributed by atoms with van der Waals surface area (Å²) in [5.74, 6) is 0. The van der Waals surface area contributed by atoms with Crippen LogP contribution < -0.4 is 0 Å². The highest BCUT2D eigenvalue weighted by Gasteiger charge is 2.27. The van der Waals surface area contributed by atoms with Crippen LogP contribution in [0.5, 0.6) is 0 Å². The molecule has 1 fully saturated rings. The number of nitriles is 1. The summed E-state index contributed by atoms with van der Waals surface area (Å²) in [5.41, 5.74) is 1.06. The van der Waals surface area contributed by atoms with Crippen molar-refractivity contribution >= 4 is 11.3 Å². The first-order valence-electron chi connectivity index (χ1n) is 3.01. The van der Waals surface area contributed by atoms with Gasteiger partial charge >= 0.3 is 0 Å². The molecule has 2 rings (SSSR count). The average Bonchev–Trinajstić information content (AvgIpc) is 2.69. The quantitative estimate of drug-likeness (QED) is 0.572. The number of hydrogen-bond donors (Lipinski definition) is 0. The fourth-order valence-electron chi connectivity index (χ4n) is 0.891. The highest BCUT2D eigenvalue weighted by molar-refractivity contribution is 7.10. The molecule has 1 aliphatic heterocycles. The van der Waals surface area contributed by atoms with Gasteiger partial charge in [-0.15, -0.1) is 11.3 Å².